The van der Waals surface area contributed by atoms with Crippen LogP contribution in [0.1, 0.15) is 26.3 Å². The standard InChI is InChI=1S/C12H23N3O/c1-12(2,3)10-9-13-15(7-8-16-6)11(10)14(4)5/h9H,7-8H2,1-6H3. The summed E-state index contributed by atoms with van der Waals surface area (Å²) < 4.78 is 7.10. The van der Waals surface area contributed by atoms with E-state index in [9.17, 15) is 0 Å². The van der Waals surface area contributed by atoms with Gasteiger partial charge in [-0.25, -0.2) is 4.68 Å². The van der Waals surface area contributed by atoms with Gasteiger partial charge in [0, 0.05) is 26.8 Å². The average molecular weight is 225 g/mol. The molecule has 1 aromatic heterocycles. The first-order valence-electron chi connectivity index (χ1n) is 5.60. The highest BCUT2D eigenvalue weighted by Crippen LogP contribution is 2.30. The Labute approximate surface area is 98.2 Å². The third kappa shape index (κ3) is 2.76. The maximum Gasteiger partial charge on any atom is 0.130 e. The predicted octanol–water partition coefficient (Wildman–Crippen LogP) is 1.89. The second-order valence-electron chi connectivity index (χ2n) is 5.24. The maximum atomic E-state index is 5.10. The van der Waals surface area contributed by atoms with E-state index >= 15 is 0 Å². The lowest BCUT2D eigenvalue weighted by Crippen LogP contribution is -2.22. The highest BCUT2D eigenvalue weighted by Gasteiger charge is 2.23. The van der Waals surface area contributed by atoms with E-state index in [1.54, 1.807) is 7.11 Å². The molecule has 0 saturated heterocycles. The van der Waals surface area contributed by atoms with Gasteiger partial charge >= 0.3 is 0 Å². The molecule has 1 rings (SSSR count). The normalized spacial score (nSPS) is 11.9. The number of methoxy groups -OCH3 is 1. The van der Waals surface area contributed by atoms with Crippen LogP contribution in [0.2, 0.25) is 0 Å². The van der Waals surface area contributed by atoms with Gasteiger partial charge in [-0.05, 0) is 5.41 Å². The highest BCUT2D eigenvalue weighted by molar-refractivity contribution is 5.49. The van der Waals surface area contributed by atoms with Crippen LogP contribution < -0.4 is 4.90 Å². The number of aromatic nitrogens is 2. The molecule has 0 aliphatic rings. The molecular formula is C12H23N3O. The largest absolute Gasteiger partial charge is 0.383 e. The Kier molecular flexibility index (Phi) is 3.97. The molecule has 4 heteroatoms. The fraction of sp³-hybridized carbons (Fsp3) is 0.750. The first kappa shape index (κ1) is 13.0. The Morgan fingerprint density at radius 2 is 2.00 bits per heavy atom. The van der Waals surface area contributed by atoms with Gasteiger partial charge in [0.2, 0.25) is 0 Å². The quantitative estimate of drug-likeness (QED) is 0.784. The highest BCUT2D eigenvalue weighted by atomic mass is 16.5. The van der Waals surface area contributed by atoms with Gasteiger partial charge in [0.15, 0.2) is 0 Å². The number of rotatable bonds is 4. The van der Waals surface area contributed by atoms with Crippen LogP contribution in [0.5, 0.6) is 0 Å². The van der Waals surface area contributed by atoms with Gasteiger partial charge in [0.05, 0.1) is 19.3 Å². The van der Waals surface area contributed by atoms with Gasteiger partial charge in [0.1, 0.15) is 5.82 Å². The molecule has 0 spiro atoms. The first-order valence-corrected chi connectivity index (χ1v) is 5.60. The molecule has 1 heterocycles. The second kappa shape index (κ2) is 4.87. The van der Waals surface area contributed by atoms with Crippen LogP contribution in [0.4, 0.5) is 5.82 Å². The van der Waals surface area contributed by atoms with E-state index < -0.39 is 0 Å². The summed E-state index contributed by atoms with van der Waals surface area (Å²) in [5.41, 5.74) is 1.39. The number of hydrogen-bond donors (Lipinski definition) is 0. The van der Waals surface area contributed by atoms with Crippen LogP contribution in [0.15, 0.2) is 6.20 Å². The number of ether oxygens (including phenoxy) is 1. The summed E-state index contributed by atoms with van der Waals surface area (Å²) in [6.45, 7) is 8.10. The Hall–Kier alpha value is -1.03. The molecule has 0 fully saturated rings. The minimum Gasteiger partial charge on any atom is -0.383 e. The second-order valence-corrected chi connectivity index (χ2v) is 5.24. The molecule has 1 aromatic rings. The fourth-order valence-corrected chi connectivity index (χ4v) is 1.72. The number of hydrogen-bond acceptors (Lipinski definition) is 3. The zero-order chi connectivity index (χ0) is 12.3. The van der Waals surface area contributed by atoms with Crippen LogP contribution in [-0.4, -0.2) is 37.6 Å². The molecule has 0 bridgehead atoms. The lowest BCUT2D eigenvalue weighted by molar-refractivity contribution is 0.184. The Morgan fingerprint density at radius 3 is 2.44 bits per heavy atom. The molecule has 4 nitrogen and oxygen atoms in total. The van der Waals surface area contributed by atoms with Crippen LogP contribution >= 0.6 is 0 Å². The Balaban J connectivity index is 3.07. The molecule has 0 aromatic carbocycles. The zero-order valence-corrected chi connectivity index (χ0v) is 11.2. The molecule has 16 heavy (non-hydrogen) atoms. The molecule has 0 aliphatic carbocycles. The Bertz CT molecular complexity index is 337. The summed E-state index contributed by atoms with van der Waals surface area (Å²) in [5, 5.41) is 4.44. The van der Waals surface area contributed by atoms with Gasteiger partial charge in [-0.15, -0.1) is 0 Å². The van der Waals surface area contributed by atoms with Crippen molar-refractivity contribution in [3.05, 3.63) is 11.8 Å². The van der Waals surface area contributed by atoms with Gasteiger partial charge in [-0.1, -0.05) is 20.8 Å². The van der Waals surface area contributed by atoms with Crippen molar-refractivity contribution in [3.8, 4) is 0 Å². The van der Waals surface area contributed by atoms with Gasteiger partial charge < -0.3 is 9.64 Å². The van der Waals surface area contributed by atoms with Gasteiger partial charge in [0.25, 0.3) is 0 Å². The van der Waals surface area contributed by atoms with E-state index in [2.05, 4.69) is 44.9 Å². The zero-order valence-electron chi connectivity index (χ0n) is 11.2. The molecule has 0 unspecified atom stereocenters. The molecular weight excluding hydrogens is 202 g/mol. The monoisotopic (exact) mass is 225 g/mol. The van der Waals surface area contributed by atoms with Crippen molar-refractivity contribution < 1.29 is 4.74 Å². The topological polar surface area (TPSA) is 30.3 Å². The van der Waals surface area contributed by atoms with Crippen molar-refractivity contribution in [1.29, 1.82) is 0 Å². The van der Waals surface area contributed by atoms with Crippen molar-refractivity contribution in [1.82, 2.24) is 9.78 Å². The third-order valence-corrected chi connectivity index (χ3v) is 2.55. The lowest BCUT2D eigenvalue weighted by atomic mass is 9.88. The molecule has 0 atom stereocenters. The summed E-state index contributed by atoms with van der Waals surface area (Å²) in [6.07, 6.45) is 1.96. The van der Waals surface area contributed by atoms with Gasteiger partial charge in [-0.2, -0.15) is 5.10 Å². The number of nitrogens with zero attached hydrogens (tertiary/aromatic N) is 3. The van der Waals surface area contributed by atoms with E-state index in [1.807, 2.05) is 10.9 Å². The van der Waals surface area contributed by atoms with Crippen molar-refractivity contribution in [2.45, 2.75) is 32.7 Å². The smallest absolute Gasteiger partial charge is 0.130 e. The lowest BCUT2D eigenvalue weighted by Gasteiger charge is -2.23. The summed E-state index contributed by atoms with van der Waals surface area (Å²) >= 11 is 0. The van der Waals surface area contributed by atoms with Crippen LogP contribution in [0.3, 0.4) is 0 Å². The minimum absolute atomic E-state index is 0.116. The van der Waals surface area contributed by atoms with Crippen LogP contribution in [0.25, 0.3) is 0 Å². The molecule has 0 N–H and O–H groups in total. The van der Waals surface area contributed by atoms with E-state index in [4.69, 9.17) is 4.74 Å². The van der Waals surface area contributed by atoms with Crippen molar-refractivity contribution >= 4 is 5.82 Å². The van der Waals surface area contributed by atoms with E-state index in [0.29, 0.717) is 6.61 Å². The van der Waals surface area contributed by atoms with Gasteiger partial charge in [-0.3, -0.25) is 0 Å². The first-order chi connectivity index (χ1) is 7.38. The summed E-state index contributed by atoms with van der Waals surface area (Å²) in [6, 6.07) is 0. The maximum absolute atomic E-state index is 5.10. The SMILES string of the molecule is COCCn1ncc(C(C)(C)C)c1N(C)C. The summed E-state index contributed by atoms with van der Waals surface area (Å²) in [7, 11) is 5.81. The fourth-order valence-electron chi connectivity index (χ4n) is 1.72. The predicted molar refractivity (Wildman–Crippen MR) is 67.1 cm³/mol. The third-order valence-electron chi connectivity index (χ3n) is 2.55. The summed E-state index contributed by atoms with van der Waals surface area (Å²) in [5.74, 6) is 1.17. The van der Waals surface area contributed by atoms with E-state index in [0.717, 1.165) is 6.54 Å². The molecule has 0 aliphatic heterocycles. The van der Waals surface area contributed by atoms with Crippen LogP contribution in [0, 0.1) is 0 Å². The van der Waals surface area contributed by atoms with Crippen molar-refractivity contribution in [2.24, 2.45) is 0 Å². The molecule has 92 valence electrons. The van der Waals surface area contributed by atoms with Crippen LogP contribution in [-0.2, 0) is 16.7 Å². The molecule has 0 amide bonds. The number of anilines is 1. The molecule has 0 saturated carbocycles. The van der Waals surface area contributed by atoms with Crippen molar-refractivity contribution in [3.63, 3.8) is 0 Å². The van der Waals surface area contributed by atoms with Crippen molar-refractivity contribution in [2.75, 3.05) is 32.7 Å². The molecule has 0 radical (unpaired) electrons. The Morgan fingerprint density at radius 1 is 1.38 bits per heavy atom. The average Bonchev–Trinajstić information content (AvgIpc) is 2.57. The van der Waals surface area contributed by atoms with E-state index in [1.165, 1.54) is 11.4 Å². The minimum atomic E-state index is 0.116. The summed E-state index contributed by atoms with van der Waals surface area (Å²) in [4.78, 5) is 2.11. The van der Waals surface area contributed by atoms with E-state index in [-0.39, 0.29) is 5.41 Å².